The Kier molecular flexibility index (Phi) is 3.36. The Hall–Kier alpha value is -2.24. The maximum absolute atomic E-state index is 11.5. The van der Waals surface area contributed by atoms with Crippen LogP contribution in [0.25, 0.3) is 11.0 Å². The van der Waals surface area contributed by atoms with Crippen LogP contribution in [0.15, 0.2) is 23.0 Å². The van der Waals surface area contributed by atoms with Crippen molar-refractivity contribution in [2.45, 2.75) is 19.4 Å². The van der Waals surface area contributed by atoms with E-state index in [9.17, 15) is 9.59 Å². The van der Waals surface area contributed by atoms with Gasteiger partial charge in [0, 0.05) is 5.69 Å². The Bertz CT molecular complexity index is 614. The summed E-state index contributed by atoms with van der Waals surface area (Å²) in [5, 5.41) is 3.07. The highest BCUT2D eigenvalue weighted by atomic mass is 16.5. The SMILES string of the molecule is CCC(Nc1ccc2[nH]c(=O)[nH]c2c1)C(=O)OC. The average molecular weight is 249 g/mol. The van der Waals surface area contributed by atoms with Gasteiger partial charge in [-0.1, -0.05) is 6.92 Å². The Morgan fingerprint density at radius 2 is 2.11 bits per heavy atom. The van der Waals surface area contributed by atoms with Crippen LogP contribution in [0.5, 0.6) is 0 Å². The Labute approximate surface area is 103 Å². The average Bonchev–Trinajstić information content (AvgIpc) is 2.74. The third-order valence-corrected chi connectivity index (χ3v) is 2.75. The molecule has 0 saturated carbocycles. The van der Waals surface area contributed by atoms with Gasteiger partial charge in [0.15, 0.2) is 0 Å². The van der Waals surface area contributed by atoms with Crippen molar-refractivity contribution in [1.29, 1.82) is 0 Å². The first-order chi connectivity index (χ1) is 8.63. The lowest BCUT2D eigenvalue weighted by Gasteiger charge is -2.15. The van der Waals surface area contributed by atoms with Gasteiger partial charge in [-0.15, -0.1) is 0 Å². The van der Waals surface area contributed by atoms with Crippen LogP contribution in [0.1, 0.15) is 13.3 Å². The van der Waals surface area contributed by atoms with E-state index < -0.39 is 6.04 Å². The van der Waals surface area contributed by atoms with Gasteiger partial charge in [0.2, 0.25) is 0 Å². The summed E-state index contributed by atoms with van der Waals surface area (Å²) < 4.78 is 4.70. The summed E-state index contributed by atoms with van der Waals surface area (Å²) in [6.07, 6.45) is 0.619. The highest BCUT2D eigenvalue weighted by molar-refractivity contribution is 5.82. The summed E-state index contributed by atoms with van der Waals surface area (Å²) in [5.41, 5.74) is 1.94. The Morgan fingerprint density at radius 3 is 2.78 bits per heavy atom. The lowest BCUT2D eigenvalue weighted by molar-refractivity contribution is -0.141. The number of nitrogens with one attached hydrogen (secondary N) is 3. The van der Waals surface area contributed by atoms with Crippen LogP contribution in [0.3, 0.4) is 0 Å². The van der Waals surface area contributed by atoms with Gasteiger partial charge in [0.25, 0.3) is 0 Å². The fourth-order valence-corrected chi connectivity index (χ4v) is 1.79. The van der Waals surface area contributed by atoms with Gasteiger partial charge in [-0.25, -0.2) is 9.59 Å². The molecule has 0 fully saturated rings. The molecule has 6 nitrogen and oxygen atoms in total. The van der Waals surface area contributed by atoms with Crippen molar-refractivity contribution in [3.8, 4) is 0 Å². The van der Waals surface area contributed by atoms with Crippen LogP contribution in [0.4, 0.5) is 5.69 Å². The van der Waals surface area contributed by atoms with Gasteiger partial charge >= 0.3 is 11.7 Å². The van der Waals surface area contributed by atoms with Crippen molar-refractivity contribution in [1.82, 2.24) is 9.97 Å². The molecule has 1 heterocycles. The number of hydrogen-bond donors (Lipinski definition) is 3. The van der Waals surface area contributed by atoms with Crippen LogP contribution in [-0.2, 0) is 9.53 Å². The maximum Gasteiger partial charge on any atom is 0.328 e. The van der Waals surface area contributed by atoms with E-state index in [2.05, 4.69) is 15.3 Å². The summed E-state index contributed by atoms with van der Waals surface area (Å²) in [5.74, 6) is -0.305. The number of ether oxygens (including phenoxy) is 1. The fraction of sp³-hybridized carbons (Fsp3) is 0.333. The number of carbonyl (C=O) groups excluding carboxylic acids is 1. The minimum Gasteiger partial charge on any atom is -0.467 e. The van der Waals surface area contributed by atoms with Crippen molar-refractivity contribution in [3.05, 3.63) is 28.7 Å². The van der Waals surface area contributed by atoms with Crippen LogP contribution in [-0.4, -0.2) is 29.1 Å². The van der Waals surface area contributed by atoms with E-state index in [1.165, 1.54) is 7.11 Å². The summed E-state index contributed by atoms with van der Waals surface area (Å²) in [7, 11) is 1.36. The van der Waals surface area contributed by atoms with Crippen LogP contribution in [0.2, 0.25) is 0 Å². The molecule has 2 rings (SSSR count). The number of esters is 1. The molecule has 2 aromatic rings. The first-order valence-corrected chi connectivity index (χ1v) is 5.70. The quantitative estimate of drug-likeness (QED) is 0.711. The molecule has 1 unspecified atom stereocenters. The van der Waals surface area contributed by atoms with E-state index in [-0.39, 0.29) is 11.7 Å². The standard InChI is InChI=1S/C12H15N3O3/c1-3-8(11(16)18-2)13-7-4-5-9-10(6-7)15-12(17)14-9/h4-6,8,13H,3H2,1-2H3,(H2,14,15,17). The van der Waals surface area contributed by atoms with Gasteiger partial charge in [-0.05, 0) is 24.6 Å². The number of fused-ring (bicyclic) bond motifs is 1. The number of anilines is 1. The molecule has 0 aliphatic rings. The number of methoxy groups -OCH3 is 1. The molecular weight excluding hydrogens is 234 g/mol. The molecule has 3 N–H and O–H groups in total. The van der Waals surface area contributed by atoms with Crippen molar-refractivity contribution in [2.75, 3.05) is 12.4 Å². The molecule has 0 radical (unpaired) electrons. The zero-order chi connectivity index (χ0) is 13.1. The first-order valence-electron chi connectivity index (χ1n) is 5.70. The van der Waals surface area contributed by atoms with Crippen LogP contribution < -0.4 is 11.0 Å². The predicted molar refractivity (Wildman–Crippen MR) is 68.6 cm³/mol. The van der Waals surface area contributed by atoms with E-state index >= 15 is 0 Å². The van der Waals surface area contributed by atoms with Gasteiger partial charge in [0.05, 0.1) is 18.1 Å². The predicted octanol–water partition coefficient (Wildman–Crippen LogP) is 1.22. The second kappa shape index (κ2) is 4.95. The molecule has 0 aliphatic heterocycles. The highest BCUT2D eigenvalue weighted by Crippen LogP contribution is 2.16. The van der Waals surface area contributed by atoms with Crippen LogP contribution >= 0.6 is 0 Å². The zero-order valence-corrected chi connectivity index (χ0v) is 10.2. The smallest absolute Gasteiger partial charge is 0.328 e. The molecule has 18 heavy (non-hydrogen) atoms. The molecule has 1 aromatic heterocycles. The molecule has 0 amide bonds. The van der Waals surface area contributed by atoms with E-state index in [0.29, 0.717) is 11.9 Å². The number of H-pyrrole nitrogens is 2. The summed E-state index contributed by atoms with van der Waals surface area (Å²) >= 11 is 0. The molecule has 0 saturated heterocycles. The largest absolute Gasteiger partial charge is 0.467 e. The number of imidazole rings is 1. The first kappa shape index (κ1) is 12.2. The van der Waals surface area contributed by atoms with Crippen molar-refractivity contribution in [3.63, 3.8) is 0 Å². The van der Waals surface area contributed by atoms with Crippen LogP contribution in [0, 0.1) is 0 Å². The van der Waals surface area contributed by atoms with Crippen molar-refractivity contribution in [2.24, 2.45) is 0 Å². The molecule has 0 bridgehead atoms. The van der Waals surface area contributed by atoms with Gasteiger partial charge < -0.3 is 20.0 Å². The molecule has 1 aromatic carbocycles. The number of benzene rings is 1. The summed E-state index contributed by atoms with van der Waals surface area (Å²) in [6.45, 7) is 1.89. The Balaban J connectivity index is 2.25. The summed E-state index contributed by atoms with van der Waals surface area (Å²) in [6, 6.07) is 4.97. The third kappa shape index (κ3) is 2.37. The molecule has 6 heteroatoms. The van der Waals surface area contributed by atoms with Crippen molar-refractivity contribution < 1.29 is 9.53 Å². The molecule has 0 spiro atoms. The molecule has 96 valence electrons. The monoisotopic (exact) mass is 249 g/mol. The number of aromatic amines is 2. The van der Waals surface area contributed by atoms with E-state index in [4.69, 9.17) is 4.74 Å². The molecule has 1 atom stereocenters. The number of carbonyl (C=O) groups is 1. The maximum atomic E-state index is 11.5. The lowest BCUT2D eigenvalue weighted by Crippen LogP contribution is -2.29. The number of hydrogen-bond acceptors (Lipinski definition) is 4. The van der Waals surface area contributed by atoms with Gasteiger partial charge in [0.1, 0.15) is 6.04 Å². The van der Waals surface area contributed by atoms with Gasteiger partial charge in [-0.2, -0.15) is 0 Å². The third-order valence-electron chi connectivity index (χ3n) is 2.75. The fourth-order valence-electron chi connectivity index (χ4n) is 1.79. The topological polar surface area (TPSA) is 87.0 Å². The van der Waals surface area contributed by atoms with E-state index in [1.807, 2.05) is 6.92 Å². The van der Waals surface area contributed by atoms with E-state index in [0.717, 1.165) is 11.2 Å². The normalized spacial score (nSPS) is 12.3. The number of rotatable bonds is 4. The lowest BCUT2D eigenvalue weighted by atomic mass is 10.2. The minimum atomic E-state index is -0.391. The number of aromatic nitrogens is 2. The minimum absolute atomic E-state index is 0.248. The van der Waals surface area contributed by atoms with Crippen molar-refractivity contribution >= 4 is 22.7 Å². The second-order valence-corrected chi connectivity index (χ2v) is 3.97. The molecule has 0 aliphatic carbocycles. The highest BCUT2D eigenvalue weighted by Gasteiger charge is 2.16. The molecular formula is C12H15N3O3. The van der Waals surface area contributed by atoms with Gasteiger partial charge in [-0.3, -0.25) is 0 Å². The zero-order valence-electron chi connectivity index (χ0n) is 10.2. The second-order valence-electron chi connectivity index (χ2n) is 3.97. The Morgan fingerprint density at radius 1 is 1.39 bits per heavy atom. The van der Waals surface area contributed by atoms with E-state index in [1.54, 1.807) is 18.2 Å². The summed E-state index contributed by atoms with van der Waals surface area (Å²) in [4.78, 5) is 27.9.